The number of alkyl halides is 2. The number of rotatable bonds is 3. The Morgan fingerprint density at radius 2 is 1.95 bits per heavy atom. The molecule has 0 saturated heterocycles. The summed E-state index contributed by atoms with van der Waals surface area (Å²) < 4.78 is 30.4. The third-order valence-corrected chi connectivity index (χ3v) is 3.72. The standard InChI is InChI=1S/C13H12F2N2O4/c14-13(15)4-6(5-13)1-2-7-3-8(18)21-11-9(7)10(19)16-12(20)17-11/h3,6H,1-2,4-5H2,(H2,16,17,19,20). The van der Waals surface area contributed by atoms with E-state index < -0.39 is 22.8 Å². The molecule has 0 radical (unpaired) electrons. The maximum absolute atomic E-state index is 12.8. The van der Waals surface area contributed by atoms with Crippen molar-refractivity contribution in [1.29, 1.82) is 0 Å². The number of fused-ring (bicyclic) bond motifs is 1. The third kappa shape index (κ3) is 2.65. The van der Waals surface area contributed by atoms with E-state index in [-0.39, 0.29) is 29.9 Å². The number of H-pyrrole nitrogens is 2. The van der Waals surface area contributed by atoms with Crippen LogP contribution in [-0.4, -0.2) is 15.9 Å². The molecule has 2 N–H and O–H groups in total. The van der Waals surface area contributed by atoms with Crippen molar-refractivity contribution in [2.24, 2.45) is 5.92 Å². The fourth-order valence-corrected chi connectivity index (χ4v) is 2.72. The second-order valence-corrected chi connectivity index (χ2v) is 5.37. The number of aromatic nitrogens is 2. The summed E-state index contributed by atoms with van der Waals surface area (Å²) in [5.41, 5.74) is -1.92. The molecule has 1 aliphatic rings. The molecule has 6 nitrogen and oxygen atoms in total. The van der Waals surface area contributed by atoms with E-state index in [4.69, 9.17) is 4.42 Å². The third-order valence-electron chi connectivity index (χ3n) is 3.72. The quantitative estimate of drug-likeness (QED) is 0.888. The molecule has 2 aromatic rings. The second kappa shape index (κ2) is 4.64. The monoisotopic (exact) mass is 298 g/mol. The minimum absolute atomic E-state index is 0.0836. The summed E-state index contributed by atoms with van der Waals surface area (Å²) in [5.74, 6) is -2.71. The molecular weight excluding hydrogens is 286 g/mol. The molecule has 0 spiro atoms. The van der Waals surface area contributed by atoms with Crippen LogP contribution in [0, 0.1) is 5.92 Å². The number of aromatic amines is 2. The molecule has 0 amide bonds. The van der Waals surface area contributed by atoms with Crippen LogP contribution < -0.4 is 16.9 Å². The van der Waals surface area contributed by atoms with Crippen LogP contribution in [0.15, 0.2) is 24.9 Å². The van der Waals surface area contributed by atoms with Gasteiger partial charge in [0.1, 0.15) is 5.39 Å². The highest BCUT2D eigenvalue weighted by molar-refractivity contribution is 5.75. The molecule has 0 atom stereocenters. The average Bonchev–Trinajstić information content (AvgIpc) is 2.31. The maximum atomic E-state index is 12.8. The number of aryl methyl sites for hydroxylation is 1. The van der Waals surface area contributed by atoms with Gasteiger partial charge in [-0.1, -0.05) is 0 Å². The molecule has 112 valence electrons. The number of nitrogens with one attached hydrogen (secondary N) is 2. The van der Waals surface area contributed by atoms with E-state index in [1.54, 1.807) is 0 Å². The lowest BCUT2D eigenvalue weighted by Gasteiger charge is -2.34. The van der Waals surface area contributed by atoms with Gasteiger partial charge in [0.05, 0.1) is 0 Å². The zero-order chi connectivity index (χ0) is 15.2. The average molecular weight is 298 g/mol. The van der Waals surface area contributed by atoms with Crippen LogP contribution in [0.5, 0.6) is 0 Å². The fraction of sp³-hybridized carbons (Fsp3) is 0.462. The largest absolute Gasteiger partial charge is 0.405 e. The predicted molar refractivity (Wildman–Crippen MR) is 69.7 cm³/mol. The topological polar surface area (TPSA) is 95.9 Å². The van der Waals surface area contributed by atoms with E-state index in [1.165, 1.54) is 0 Å². The molecule has 1 fully saturated rings. The van der Waals surface area contributed by atoms with E-state index in [0.29, 0.717) is 18.4 Å². The van der Waals surface area contributed by atoms with Gasteiger partial charge in [-0.2, -0.15) is 0 Å². The van der Waals surface area contributed by atoms with Gasteiger partial charge in [-0.25, -0.2) is 18.4 Å². The van der Waals surface area contributed by atoms with Crippen LogP contribution in [0.4, 0.5) is 8.78 Å². The van der Waals surface area contributed by atoms with Gasteiger partial charge in [0, 0.05) is 18.9 Å². The van der Waals surface area contributed by atoms with E-state index in [0.717, 1.165) is 6.07 Å². The summed E-state index contributed by atoms with van der Waals surface area (Å²) in [6.07, 6.45) is 0.420. The second-order valence-electron chi connectivity index (χ2n) is 5.37. The van der Waals surface area contributed by atoms with Gasteiger partial charge in [0.2, 0.25) is 11.6 Å². The highest BCUT2D eigenvalue weighted by Gasteiger charge is 2.44. The van der Waals surface area contributed by atoms with Crippen LogP contribution in [0.3, 0.4) is 0 Å². The molecule has 3 rings (SSSR count). The van der Waals surface area contributed by atoms with E-state index in [2.05, 4.69) is 9.97 Å². The molecule has 21 heavy (non-hydrogen) atoms. The SMILES string of the molecule is O=c1[nH]c(=O)c2c(CCC3CC(F)(F)C3)cc(=O)oc2[nH]1. The molecule has 2 aromatic heterocycles. The van der Waals surface area contributed by atoms with Crippen molar-refractivity contribution >= 4 is 11.1 Å². The Balaban J connectivity index is 1.93. The van der Waals surface area contributed by atoms with Crippen molar-refractivity contribution in [2.75, 3.05) is 0 Å². The van der Waals surface area contributed by atoms with Crippen LogP contribution in [0.25, 0.3) is 11.1 Å². The Kier molecular flexibility index (Phi) is 3.03. The summed E-state index contributed by atoms with van der Waals surface area (Å²) in [6.45, 7) is 0. The molecule has 0 aromatic carbocycles. The molecule has 0 bridgehead atoms. The van der Waals surface area contributed by atoms with Crippen LogP contribution in [-0.2, 0) is 6.42 Å². The first kappa shape index (κ1) is 13.7. The summed E-state index contributed by atoms with van der Waals surface area (Å²) in [5, 5.41) is 0.0836. The van der Waals surface area contributed by atoms with Crippen molar-refractivity contribution in [3.8, 4) is 0 Å². The first-order chi connectivity index (χ1) is 9.84. The molecule has 0 aliphatic heterocycles. The maximum Gasteiger partial charge on any atom is 0.337 e. The lowest BCUT2D eigenvalue weighted by molar-refractivity contribution is -0.111. The molecule has 1 saturated carbocycles. The van der Waals surface area contributed by atoms with E-state index in [1.807, 2.05) is 0 Å². The van der Waals surface area contributed by atoms with Crippen LogP contribution in [0.1, 0.15) is 24.8 Å². The molecule has 2 heterocycles. The molecular formula is C13H12F2N2O4. The number of hydrogen-bond acceptors (Lipinski definition) is 4. The Morgan fingerprint density at radius 3 is 2.62 bits per heavy atom. The van der Waals surface area contributed by atoms with Gasteiger partial charge >= 0.3 is 11.3 Å². The van der Waals surface area contributed by atoms with Crippen molar-refractivity contribution < 1.29 is 13.2 Å². The van der Waals surface area contributed by atoms with Gasteiger partial charge in [-0.15, -0.1) is 0 Å². The van der Waals surface area contributed by atoms with Crippen molar-refractivity contribution in [2.45, 2.75) is 31.6 Å². The minimum Gasteiger partial charge on any atom is -0.405 e. The lowest BCUT2D eigenvalue weighted by atomic mass is 9.78. The Hall–Kier alpha value is -2.25. The minimum atomic E-state index is -2.59. The molecule has 0 unspecified atom stereocenters. The molecule has 8 heteroatoms. The van der Waals surface area contributed by atoms with E-state index in [9.17, 15) is 23.2 Å². The van der Waals surface area contributed by atoms with Gasteiger partial charge in [0.25, 0.3) is 5.56 Å². The van der Waals surface area contributed by atoms with Crippen molar-refractivity contribution in [3.63, 3.8) is 0 Å². The van der Waals surface area contributed by atoms with Crippen molar-refractivity contribution in [3.05, 3.63) is 42.9 Å². The first-order valence-corrected chi connectivity index (χ1v) is 6.51. The van der Waals surface area contributed by atoms with Crippen LogP contribution in [0.2, 0.25) is 0 Å². The van der Waals surface area contributed by atoms with E-state index >= 15 is 0 Å². The van der Waals surface area contributed by atoms with Gasteiger partial charge in [-0.05, 0) is 24.3 Å². The normalized spacial score (nSPS) is 17.8. The number of hydrogen-bond donors (Lipinski definition) is 2. The first-order valence-electron chi connectivity index (χ1n) is 6.51. The summed E-state index contributed by atoms with van der Waals surface area (Å²) in [4.78, 5) is 38.7. The highest BCUT2D eigenvalue weighted by atomic mass is 19.3. The summed E-state index contributed by atoms with van der Waals surface area (Å²) >= 11 is 0. The Bertz CT molecular complexity index is 852. The zero-order valence-corrected chi connectivity index (χ0v) is 10.9. The van der Waals surface area contributed by atoms with Gasteiger partial charge in [-0.3, -0.25) is 14.8 Å². The highest BCUT2D eigenvalue weighted by Crippen LogP contribution is 2.44. The summed E-state index contributed by atoms with van der Waals surface area (Å²) in [6, 6.07) is 1.16. The Labute approximate surface area is 115 Å². The Morgan fingerprint density at radius 1 is 1.24 bits per heavy atom. The van der Waals surface area contributed by atoms with Gasteiger partial charge < -0.3 is 4.42 Å². The fourth-order valence-electron chi connectivity index (χ4n) is 2.72. The number of halogens is 2. The van der Waals surface area contributed by atoms with Crippen LogP contribution >= 0.6 is 0 Å². The predicted octanol–water partition coefficient (Wildman–Crippen LogP) is 1.15. The van der Waals surface area contributed by atoms with Gasteiger partial charge in [0.15, 0.2) is 0 Å². The lowest BCUT2D eigenvalue weighted by Crippen LogP contribution is -2.35. The smallest absolute Gasteiger partial charge is 0.337 e. The summed E-state index contributed by atoms with van der Waals surface area (Å²) in [7, 11) is 0. The molecule has 1 aliphatic carbocycles. The zero-order valence-electron chi connectivity index (χ0n) is 10.9. The van der Waals surface area contributed by atoms with Crippen molar-refractivity contribution in [1.82, 2.24) is 9.97 Å².